The number of benzene rings is 3. The Morgan fingerprint density at radius 3 is 2.12 bits per heavy atom. The molecule has 1 aliphatic heterocycles. The van der Waals surface area contributed by atoms with E-state index in [1.807, 2.05) is 0 Å². The first-order chi connectivity index (χ1) is 12.2. The van der Waals surface area contributed by atoms with Gasteiger partial charge in [-0.05, 0) is 58.4 Å². The van der Waals surface area contributed by atoms with E-state index in [1.54, 1.807) is 11.1 Å². The summed E-state index contributed by atoms with van der Waals surface area (Å²) in [5.41, 5.74) is 3.17. The lowest BCUT2D eigenvalue weighted by Crippen LogP contribution is -2.02. The fraction of sp³-hybridized carbons (Fsp3) is 0.273. The molecule has 0 bridgehead atoms. The van der Waals surface area contributed by atoms with Crippen LogP contribution in [0.25, 0.3) is 21.5 Å². The molecule has 0 N–H and O–H groups in total. The van der Waals surface area contributed by atoms with Crippen LogP contribution in [0.4, 0.5) is 0 Å². The second kappa shape index (κ2) is 6.67. The molecule has 25 heavy (non-hydrogen) atoms. The Kier molecular flexibility index (Phi) is 4.22. The predicted octanol–water partition coefficient (Wildman–Crippen LogP) is 4.72. The molecule has 0 spiro atoms. The van der Waals surface area contributed by atoms with Crippen molar-refractivity contribution < 1.29 is 14.3 Å². The summed E-state index contributed by atoms with van der Waals surface area (Å²) in [5.74, 6) is -0.796. The number of rotatable bonds is 0. The molecule has 0 unspecified atom stereocenters. The minimum absolute atomic E-state index is 0.263. The fourth-order valence-electron chi connectivity index (χ4n) is 3.78. The van der Waals surface area contributed by atoms with E-state index in [2.05, 4.69) is 53.3 Å². The lowest BCUT2D eigenvalue weighted by Gasteiger charge is -2.18. The van der Waals surface area contributed by atoms with Crippen LogP contribution >= 0.6 is 0 Å². The van der Waals surface area contributed by atoms with E-state index in [0.717, 1.165) is 0 Å². The lowest BCUT2D eigenvalue weighted by atomic mass is 9.86. The summed E-state index contributed by atoms with van der Waals surface area (Å²) >= 11 is 0. The molecular formula is C22H20O3. The first-order valence-electron chi connectivity index (χ1n) is 8.88. The van der Waals surface area contributed by atoms with Crippen LogP contribution in [0.3, 0.4) is 0 Å². The average Bonchev–Trinajstić information content (AvgIpc) is 3.04. The molecule has 3 heteroatoms. The van der Waals surface area contributed by atoms with Gasteiger partial charge in [-0.25, -0.2) is 0 Å². The van der Waals surface area contributed by atoms with Crippen molar-refractivity contribution in [1.82, 2.24) is 0 Å². The van der Waals surface area contributed by atoms with Crippen LogP contribution < -0.4 is 0 Å². The fourth-order valence-corrected chi connectivity index (χ4v) is 3.78. The number of ether oxygens (including phenoxy) is 1. The van der Waals surface area contributed by atoms with Gasteiger partial charge < -0.3 is 4.74 Å². The van der Waals surface area contributed by atoms with Crippen molar-refractivity contribution in [1.29, 1.82) is 0 Å². The van der Waals surface area contributed by atoms with Crippen LogP contribution in [0.5, 0.6) is 0 Å². The minimum Gasteiger partial charge on any atom is -0.393 e. The zero-order valence-electron chi connectivity index (χ0n) is 14.1. The van der Waals surface area contributed by atoms with Crippen molar-refractivity contribution in [3.63, 3.8) is 0 Å². The number of carbonyl (C=O) groups excluding carboxylic acids is 2. The standard InChI is InChI=1S/C18H16.C4H4O3/c1-3-7-15-13(5-1)9-11-18-16-8-4-2-6-14(16)10-12-17(15)18;5-3-1-2-4(6)7-3/h1,3,5,7,9-12H,2,4,6,8H2;1-2H2. The normalized spacial score (nSPS) is 16.3. The van der Waals surface area contributed by atoms with Crippen LogP contribution in [0, 0.1) is 0 Å². The third-order valence-electron chi connectivity index (χ3n) is 5.02. The van der Waals surface area contributed by atoms with E-state index in [-0.39, 0.29) is 12.8 Å². The molecule has 0 atom stereocenters. The van der Waals surface area contributed by atoms with E-state index < -0.39 is 11.9 Å². The van der Waals surface area contributed by atoms with E-state index in [1.165, 1.54) is 47.2 Å². The topological polar surface area (TPSA) is 43.4 Å². The molecular weight excluding hydrogens is 312 g/mol. The SMILES string of the molecule is O=C1CCC(=O)O1.c1ccc2c(c1)ccc1c3c(ccc12)CCCC3. The Hall–Kier alpha value is -2.68. The monoisotopic (exact) mass is 332 g/mol. The third kappa shape index (κ3) is 3.14. The molecule has 3 aromatic carbocycles. The van der Waals surface area contributed by atoms with Crippen molar-refractivity contribution in [2.24, 2.45) is 0 Å². The number of carbonyl (C=O) groups is 2. The molecule has 1 aliphatic carbocycles. The molecule has 2 aliphatic rings. The Morgan fingerprint density at radius 2 is 1.36 bits per heavy atom. The number of hydrogen-bond donors (Lipinski definition) is 0. The largest absolute Gasteiger partial charge is 0.393 e. The van der Waals surface area contributed by atoms with Crippen molar-refractivity contribution in [2.45, 2.75) is 38.5 Å². The van der Waals surface area contributed by atoms with Gasteiger partial charge >= 0.3 is 11.9 Å². The summed E-state index contributed by atoms with van der Waals surface area (Å²) in [4.78, 5) is 20.0. The molecule has 0 aromatic heterocycles. The second-order valence-electron chi connectivity index (χ2n) is 6.64. The van der Waals surface area contributed by atoms with Gasteiger partial charge in [-0.1, -0.05) is 48.5 Å². The zero-order chi connectivity index (χ0) is 17.2. The number of hydrogen-bond acceptors (Lipinski definition) is 3. The number of esters is 2. The summed E-state index contributed by atoms with van der Waals surface area (Å²) in [7, 11) is 0. The summed E-state index contributed by atoms with van der Waals surface area (Å²) in [6, 6.07) is 18.0. The third-order valence-corrected chi connectivity index (χ3v) is 5.02. The van der Waals surface area contributed by atoms with Gasteiger partial charge in [0.1, 0.15) is 0 Å². The van der Waals surface area contributed by atoms with E-state index in [4.69, 9.17) is 0 Å². The highest BCUT2D eigenvalue weighted by molar-refractivity contribution is 6.08. The highest BCUT2D eigenvalue weighted by Crippen LogP contribution is 2.33. The average molecular weight is 332 g/mol. The van der Waals surface area contributed by atoms with E-state index >= 15 is 0 Å². The molecule has 3 nitrogen and oxygen atoms in total. The van der Waals surface area contributed by atoms with Gasteiger partial charge in [-0.15, -0.1) is 0 Å². The van der Waals surface area contributed by atoms with Crippen LogP contribution in [-0.4, -0.2) is 11.9 Å². The van der Waals surface area contributed by atoms with Gasteiger partial charge in [-0.3, -0.25) is 9.59 Å². The quantitative estimate of drug-likeness (QED) is 0.340. The van der Waals surface area contributed by atoms with Crippen LogP contribution in [0.15, 0.2) is 48.5 Å². The summed E-state index contributed by atoms with van der Waals surface area (Å²) in [5, 5.41) is 5.64. The molecule has 0 amide bonds. The summed E-state index contributed by atoms with van der Waals surface area (Å²) in [6.45, 7) is 0. The van der Waals surface area contributed by atoms with Crippen molar-refractivity contribution >= 4 is 33.5 Å². The number of cyclic esters (lactones) is 2. The minimum atomic E-state index is -0.398. The summed E-state index contributed by atoms with van der Waals surface area (Å²) < 4.78 is 4.08. The maximum atomic E-state index is 10.0. The Morgan fingerprint density at radius 1 is 0.640 bits per heavy atom. The first-order valence-corrected chi connectivity index (χ1v) is 8.88. The van der Waals surface area contributed by atoms with Crippen molar-refractivity contribution in [3.05, 3.63) is 59.7 Å². The molecule has 126 valence electrons. The Bertz CT molecular complexity index is 958. The maximum absolute atomic E-state index is 10.0. The molecule has 1 saturated heterocycles. The molecule has 0 radical (unpaired) electrons. The molecule has 5 rings (SSSR count). The number of fused-ring (bicyclic) bond motifs is 5. The van der Waals surface area contributed by atoms with Crippen LogP contribution in [0.2, 0.25) is 0 Å². The number of aryl methyl sites for hydroxylation is 2. The van der Waals surface area contributed by atoms with E-state index in [0.29, 0.717) is 0 Å². The first kappa shape index (κ1) is 15.8. The van der Waals surface area contributed by atoms with Gasteiger partial charge in [0.25, 0.3) is 0 Å². The van der Waals surface area contributed by atoms with Gasteiger partial charge in [0.2, 0.25) is 0 Å². The van der Waals surface area contributed by atoms with Crippen LogP contribution in [-0.2, 0) is 27.2 Å². The van der Waals surface area contributed by atoms with Gasteiger partial charge in [0.05, 0.1) is 12.8 Å². The Labute approximate surface area is 146 Å². The molecule has 1 fully saturated rings. The maximum Gasteiger partial charge on any atom is 0.314 e. The van der Waals surface area contributed by atoms with Gasteiger partial charge in [-0.2, -0.15) is 0 Å². The zero-order valence-corrected chi connectivity index (χ0v) is 14.1. The lowest BCUT2D eigenvalue weighted by molar-refractivity contribution is -0.151. The van der Waals surface area contributed by atoms with E-state index in [9.17, 15) is 9.59 Å². The van der Waals surface area contributed by atoms with Gasteiger partial charge in [0, 0.05) is 0 Å². The highest BCUT2D eigenvalue weighted by atomic mass is 16.6. The Balaban J connectivity index is 0.000000190. The van der Waals surface area contributed by atoms with Gasteiger partial charge in [0.15, 0.2) is 0 Å². The second-order valence-corrected chi connectivity index (χ2v) is 6.64. The highest BCUT2D eigenvalue weighted by Gasteiger charge is 2.19. The molecule has 0 saturated carbocycles. The van der Waals surface area contributed by atoms with Crippen LogP contribution in [0.1, 0.15) is 36.8 Å². The smallest absolute Gasteiger partial charge is 0.314 e. The van der Waals surface area contributed by atoms with Crippen molar-refractivity contribution in [2.75, 3.05) is 0 Å². The molecule has 1 heterocycles. The predicted molar refractivity (Wildman–Crippen MR) is 98.4 cm³/mol. The molecule has 3 aromatic rings. The van der Waals surface area contributed by atoms with Crippen molar-refractivity contribution in [3.8, 4) is 0 Å². The summed E-state index contributed by atoms with van der Waals surface area (Å²) in [6.07, 6.45) is 5.74.